The van der Waals surface area contributed by atoms with Gasteiger partial charge in [0.15, 0.2) is 4.80 Å². The van der Waals surface area contributed by atoms with E-state index in [1.54, 1.807) is 43.8 Å². The lowest BCUT2D eigenvalue weighted by Crippen LogP contribution is -2.39. The minimum absolute atomic E-state index is 0.0309. The second kappa shape index (κ2) is 9.34. The average molecular weight is 489 g/mol. The number of allylic oxidation sites excluding steroid dienone is 1. The molecule has 11 heteroatoms. The van der Waals surface area contributed by atoms with Gasteiger partial charge in [-0.05, 0) is 44.5 Å². The van der Waals surface area contributed by atoms with Crippen molar-refractivity contribution in [2.24, 2.45) is 12.0 Å². The Morgan fingerprint density at radius 3 is 2.56 bits per heavy atom. The van der Waals surface area contributed by atoms with Gasteiger partial charge < -0.3 is 9.47 Å². The average Bonchev–Trinajstić information content (AvgIpc) is 3.25. The van der Waals surface area contributed by atoms with Crippen LogP contribution in [0.5, 0.6) is 5.75 Å². The topological polar surface area (TPSA) is 87.7 Å². The summed E-state index contributed by atoms with van der Waals surface area (Å²) in [5.74, 6) is -0.629. The highest BCUT2D eigenvalue weighted by Gasteiger charge is 2.33. The van der Waals surface area contributed by atoms with Crippen LogP contribution >= 0.6 is 11.3 Å². The van der Waals surface area contributed by atoms with Crippen LogP contribution in [0.3, 0.4) is 0 Å². The predicted octanol–water partition coefficient (Wildman–Crippen LogP) is 2.44. The Hall–Kier alpha value is -3.60. The Morgan fingerprint density at radius 2 is 1.97 bits per heavy atom. The highest BCUT2D eigenvalue weighted by atomic mass is 32.1. The Bertz CT molecular complexity index is 1450. The molecule has 1 unspecified atom stereocenters. The first-order valence-electron chi connectivity index (χ1n) is 10.4. The molecule has 1 aliphatic rings. The van der Waals surface area contributed by atoms with Gasteiger partial charge in [0.2, 0.25) is 0 Å². The van der Waals surface area contributed by atoms with Crippen molar-refractivity contribution in [3.05, 3.63) is 78.2 Å². The first-order valence-corrected chi connectivity index (χ1v) is 11.3. The quantitative estimate of drug-likeness (QED) is 0.498. The van der Waals surface area contributed by atoms with Crippen LogP contribution in [0.15, 0.2) is 51.5 Å². The van der Waals surface area contributed by atoms with Crippen molar-refractivity contribution >= 4 is 23.4 Å². The Labute approximate surface area is 197 Å². The molecule has 1 atom stereocenters. The number of nitrogens with zero attached hydrogens (tertiary/aromatic N) is 4. The van der Waals surface area contributed by atoms with Crippen molar-refractivity contribution in [3.8, 4) is 5.75 Å². The van der Waals surface area contributed by atoms with Gasteiger partial charge in [0.05, 0.1) is 34.1 Å². The molecule has 178 valence electrons. The fourth-order valence-corrected chi connectivity index (χ4v) is 4.88. The van der Waals surface area contributed by atoms with Gasteiger partial charge in [0, 0.05) is 18.8 Å². The molecule has 0 amide bonds. The molecule has 2 aromatic heterocycles. The number of halogens is 2. The van der Waals surface area contributed by atoms with Crippen LogP contribution in [0.1, 0.15) is 36.7 Å². The van der Waals surface area contributed by atoms with Crippen LogP contribution in [-0.4, -0.2) is 33.5 Å². The molecule has 0 spiro atoms. The molecule has 8 nitrogen and oxygen atoms in total. The summed E-state index contributed by atoms with van der Waals surface area (Å²) < 4.78 is 38.4. The van der Waals surface area contributed by atoms with E-state index >= 15 is 0 Å². The van der Waals surface area contributed by atoms with Crippen molar-refractivity contribution in [1.82, 2.24) is 14.3 Å². The SMILES string of the molecule is CCOC(=O)C1=C(C)N=c2sc(=Cc3cn(C)nc3C)c(=O)n2C1c1ccc(OC(F)F)cc1. The van der Waals surface area contributed by atoms with Gasteiger partial charge in [-0.1, -0.05) is 23.5 Å². The number of rotatable bonds is 6. The predicted molar refractivity (Wildman–Crippen MR) is 121 cm³/mol. The maximum atomic E-state index is 13.5. The van der Waals surface area contributed by atoms with E-state index < -0.39 is 18.6 Å². The third kappa shape index (κ3) is 4.43. The number of alkyl halides is 2. The lowest BCUT2D eigenvalue weighted by molar-refractivity contribution is -0.139. The summed E-state index contributed by atoms with van der Waals surface area (Å²) in [7, 11) is 1.79. The van der Waals surface area contributed by atoms with Crippen LogP contribution in [-0.2, 0) is 16.6 Å². The Balaban J connectivity index is 1.91. The highest BCUT2D eigenvalue weighted by molar-refractivity contribution is 7.07. The normalized spacial score (nSPS) is 16.0. The summed E-state index contributed by atoms with van der Waals surface area (Å²) >= 11 is 1.20. The molecule has 0 fully saturated rings. The first-order chi connectivity index (χ1) is 16.2. The van der Waals surface area contributed by atoms with Gasteiger partial charge in [-0.2, -0.15) is 13.9 Å². The standard InChI is InChI=1S/C23H22F2N4O4S/c1-5-32-21(31)18-13(3)26-23-29(19(18)14-6-8-16(9-7-14)33-22(24)25)20(30)17(34-23)10-15-11-28(4)27-12(15)2/h6-11,19,22H,5H2,1-4H3. The molecular formula is C23H22F2N4O4S. The summed E-state index contributed by atoms with van der Waals surface area (Å²) in [4.78, 5) is 31.3. The van der Waals surface area contributed by atoms with Gasteiger partial charge in [-0.3, -0.25) is 14.0 Å². The first kappa shape index (κ1) is 23.6. The molecule has 0 radical (unpaired) electrons. The number of aromatic nitrogens is 3. The summed E-state index contributed by atoms with van der Waals surface area (Å²) in [5.41, 5.74) is 2.38. The zero-order valence-electron chi connectivity index (χ0n) is 18.9. The summed E-state index contributed by atoms with van der Waals surface area (Å²) in [5, 5.41) is 4.30. The van der Waals surface area contributed by atoms with Crippen LogP contribution in [0, 0.1) is 6.92 Å². The van der Waals surface area contributed by atoms with E-state index in [2.05, 4.69) is 14.8 Å². The van der Waals surface area contributed by atoms with Crippen molar-refractivity contribution in [1.29, 1.82) is 0 Å². The highest BCUT2D eigenvalue weighted by Crippen LogP contribution is 2.31. The van der Waals surface area contributed by atoms with E-state index in [4.69, 9.17) is 4.74 Å². The largest absolute Gasteiger partial charge is 0.463 e. The van der Waals surface area contributed by atoms with Crippen LogP contribution in [0.4, 0.5) is 8.78 Å². The van der Waals surface area contributed by atoms with Gasteiger partial charge in [0.1, 0.15) is 5.75 Å². The third-order valence-electron chi connectivity index (χ3n) is 5.28. The number of hydrogen-bond donors (Lipinski definition) is 0. The molecule has 1 aromatic carbocycles. The molecule has 3 aromatic rings. The van der Waals surface area contributed by atoms with Crippen LogP contribution in [0.2, 0.25) is 0 Å². The molecule has 4 rings (SSSR count). The number of hydrogen-bond acceptors (Lipinski definition) is 7. The number of aryl methyl sites for hydroxylation is 2. The molecular weight excluding hydrogens is 466 g/mol. The maximum absolute atomic E-state index is 13.5. The van der Waals surface area contributed by atoms with Crippen molar-refractivity contribution in [2.75, 3.05) is 6.61 Å². The van der Waals surface area contributed by atoms with Gasteiger partial charge in [-0.15, -0.1) is 0 Å². The molecule has 0 bridgehead atoms. The minimum atomic E-state index is -2.96. The Morgan fingerprint density at radius 1 is 1.26 bits per heavy atom. The molecule has 0 aliphatic carbocycles. The van der Waals surface area contributed by atoms with Gasteiger partial charge >= 0.3 is 12.6 Å². The van der Waals surface area contributed by atoms with Crippen molar-refractivity contribution in [3.63, 3.8) is 0 Å². The number of carbonyl (C=O) groups is 1. The second-order valence-corrected chi connectivity index (χ2v) is 8.60. The Kier molecular flexibility index (Phi) is 6.47. The molecule has 1 aliphatic heterocycles. The lowest BCUT2D eigenvalue weighted by Gasteiger charge is -2.24. The van der Waals surface area contributed by atoms with Gasteiger partial charge in [-0.25, -0.2) is 9.79 Å². The van der Waals surface area contributed by atoms with Crippen LogP contribution < -0.4 is 19.6 Å². The van der Waals surface area contributed by atoms with E-state index in [1.165, 1.54) is 28.0 Å². The monoisotopic (exact) mass is 488 g/mol. The molecule has 0 saturated carbocycles. The maximum Gasteiger partial charge on any atom is 0.387 e. The van der Waals surface area contributed by atoms with E-state index in [1.807, 2.05) is 13.1 Å². The van der Waals surface area contributed by atoms with Gasteiger partial charge in [0.25, 0.3) is 5.56 Å². The third-order valence-corrected chi connectivity index (χ3v) is 6.26. The zero-order chi connectivity index (χ0) is 24.6. The second-order valence-electron chi connectivity index (χ2n) is 7.59. The fourth-order valence-electron chi connectivity index (χ4n) is 3.84. The van der Waals surface area contributed by atoms with Crippen molar-refractivity contribution in [2.45, 2.75) is 33.4 Å². The zero-order valence-corrected chi connectivity index (χ0v) is 19.7. The van der Waals surface area contributed by atoms with E-state index in [-0.39, 0.29) is 23.5 Å². The van der Waals surface area contributed by atoms with Crippen LogP contribution in [0.25, 0.3) is 6.08 Å². The molecule has 34 heavy (non-hydrogen) atoms. The van der Waals surface area contributed by atoms with Crippen molar-refractivity contribution < 1.29 is 23.0 Å². The molecule has 0 saturated heterocycles. The molecule has 0 N–H and O–H groups in total. The van der Waals surface area contributed by atoms with E-state index in [0.29, 0.717) is 20.6 Å². The van der Waals surface area contributed by atoms with E-state index in [9.17, 15) is 18.4 Å². The number of ether oxygens (including phenoxy) is 2. The smallest absolute Gasteiger partial charge is 0.387 e. The number of benzene rings is 1. The number of carbonyl (C=O) groups excluding carboxylic acids is 1. The summed E-state index contributed by atoms with van der Waals surface area (Å²) in [6, 6.07) is 4.99. The summed E-state index contributed by atoms with van der Waals surface area (Å²) in [6.07, 6.45) is 3.55. The molecule has 3 heterocycles. The number of thiazole rings is 1. The lowest BCUT2D eigenvalue weighted by atomic mass is 9.96. The summed E-state index contributed by atoms with van der Waals surface area (Å²) in [6.45, 7) is 2.39. The number of fused-ring (bicyclic) bond motifs is 1. The van der Waals surface area contributed by atoms with E-state index in [0.717, 1.165) is 11.3 Å². The minimum Gasteiger partial charge on any atom is -0.463 e. The number of esters is 1. The fraction of sp³-hybridized carbons (Fsp3) is 0.304.